The molecule has 0 atom stereocenters. The fourth-order valence-electron chi connectivity index (χ4n) is 4.03. The molecule has 1 aliphatic rings. The molecule has 0 bridgehead atoms. The van der Waals surface area contributed by atoms with Crippen LogP contribution in [0.25, 0.3) is 0 Å². The molecule has 0 saturated carbocycles. The lowest BCUT2D eigenvalue weighted by molar-refractivity contribution is -0.146. The third kappa shape index (κ3) is 9.47. The van der Waals surface area contributed by atoms with Crippen molar-refractivity contribution >= 4 is 17.8 Å². The third-order valence-electron chi connectivity index (χ3n) is 6.11. The molecule has 2 amide bonds. The second-order valence-corrected chi connectivity index (χ2v) is 8.70. The van der Waals surface area contributed by atoms with Crippen molar-refractivity contribution in [1.82, 2.24) is 14.7 Å². The molecule has 36 heavy (non-hydrogen) atoms. The summed E-state index contributed by atoms with van der Waals surface area (Å²) in [6.07, 6.45) is 2.29. The second-order valence-electron chi connectivity index (χ2n) is 8.70. The predicted molar refractivity (Wildman–Crippen MR) is 134 cm³/mol. The highest BCUT2D eigenvalue weighted by Crippen LogP contribution is 2.11. The summed E-state index contributed by atoms with van der Waals surface area (Å²) in [6, 6.07) is 13.6. The number of hydrogen-bond acceptors (Lipinski definition) is 7. The first-order valence-electron chi connectivity index (χ1n) is 12.6. The highest BCUT2D eigenvalue weighted by atomic mass is 16.5. The molecule has 2 aromatic rings. The quantitative estimate of drug-likeness (QED) is 0.369. The van der Waals surface area contributed by atoms with E-state index in [0.29, 0.717) is 51.6 Å². The Morgan fingerprint density at radius 1 is 0.944 bits per heavy atom. The molecular formula is C27H37N3O6. The van der Waals surface area contributed by atoms with Crippen molar-refractivity contribution in [3.63, 3.8) is 0 Å². The van der Waals surface area contributed by atoms with Crippen LogP contribution in [-0.4, -0.2) is 91.6 Å². The van der Waals surface area contributed by atoms with Crippen molar-refractivity contribution in [1.29, 1.82) is 0 Å². The van der Waals surface area contributed by atoms with Gasteiger partial charge in [-0.1, -0.05) is 30.3 Å². The van der Waals surface area contributed by atoms with Gasteiger partial charge in [-0.3, -0.25) is 19.3 Å². The van der Waals surface area contributed by atoms with E-state index in [4.69, 9.17) is 13.9 Å². The maximum atomic E-state index is 13.5. The van der Waals surface area contributed by atoms with E-state index >= 15 is 0 Å². The maximum Gasteiger partial charge on any atom is 0.306 e. The summed E-state index contributed by atoms with van der Waals surface area (Å²) < 4.78 is 15.9. The first-order valence-corrected chi connectivity index (χ1v) is 12.6. The smallest absolute Gasteiger partial charge is 0.306 e. The van der Waals surface area contributed by atoms with Crippen LogP contribution in [0.15, 0.2) is 53.1 Å². The van der Waals surface area contributed by atoms with Gasteiger partial charge in [-0.2, -0.15) is 0 Å². The van der Waals surface area contributed by atoms with Crippen LogP contribution in [0.5, 0.6) is 0 Å². The number of hydrogen-bond donors (Lipinski definition) is 0. The molecule has 3 rings (SSSR count). The first-order chi connectivity index (χ1) is 17.5. The second kappa shape index (κ2) is 15.1. The molecule has 1 saturated heterocycles. The van der Waals surface area contributed by atoms with Gasteiger partial charge in [0, 0.05) is 39.1 Å². The van der Waals surface area contributed by atoms with Crippen molar-refractivity contribution in [2.24, 2.45) is 0 Å². The zero-order valence-electron chi connectivity index (χ0n) is 21.1. The van der Waals surface area contributed by atoms with E-state index in [1.165, 1.54) is 0 Å². The van der Waals surface area contributed by atoms with Crippen molar-refractivity contribution in [3.8, 4) is 0 Å². The fraction of sp³-hybridized carbons (Fsp3) is 0.519. The summed E-state index contributed by atoms with van der Waals surface area (Å²) in [6.45, 7) is 6.72. The Hall–Kier alpha value is -3.17. The lowest BCUT2D eigenvalue weighted by Gasteiger charge is -2.31. The number of nitrogens with zero attached hydrogens (tertiary/aromatic N) is 3. The van der Waals surface area contributed by atoms with Crippen LogP contribution in [0, 0.1) is 0 Å². The minimum atomic E-state index is -0.410. The first kappa shape index (κ1) is 27.4. The van der Waals surface area contributed by atoms with Crippen molar-refractivity contribution < 1.29 is 28.3 Å². The Balaban J connectivity index is 1.65. The average molecular weight is 500 g/mol. The molecule has 1 aromatic heterocycles. The molecule has 1 fully saturated rings. The van der Waals surface area contributed by atoms with Crippen LogP contribution < -0.4 is 0 Å². The monoisotopic (exact) mass is 499 g/mol. The van der Waals surface area contributed by atoms with Gasteiger partial charge in [-0.15, -0.1) is 0 Å². The largest absolute Gasteiger partial charge is 0.467 e. The number of rotatable bonds is 14. The van der Waals surface area contributed by atoms with Gasteiger partial charge in [0.25, 0.3) is 0 Å². The van der Waals surface area contributed by atoms with Crippen molar-refractivity contribution in [2.75, 3.05) is 59.1 Å². The molecule has 1 aromatic carbocycles. The molecule has 1 aliphatic heterocycles. The van der Waals surface area contributed by atoms with Gasteiger partial charge in [0.1, 0.15) is 5.76 Å². The van der Waals surface area contributed by atoms with E-state index < -0.39 is 5.97 Å². The van der Waals surface area contributed by atoms with Gasteiger partial charge in [0.05, 0.1) is 45.6 Å². The zero-order valence-corrected chi connectivity index (χ0v) is 21.1. The molecule has 0 spiro atoms. The minimum absolute atomic E-state index is 0.000957. The number of carbonyl (C=O) groups is 3. The standard InChI is InChI=1S/C27H37N3O6/c1-2-35-27(33)11-10-25(31)30(15-14-28-16-19-34-20-17-28)22-26(32)29(21-24-9-6-18-36-24)13-12-23-7-4-3-5-8-23/h3-9,18H,2,10-17,19-22H2,1H3. The Morgan fingerprint density at radius 3 is 2.42 bits per heavy atom. The van der Waals surface area contributed by atoms with Crippen LogP contribution in [0.3, 0.4) is 0 Å². The van der Waals surface area contributed by atoms with E-state index in [2.05, 4.69) is 4.90 Å². The van der Waals surface area contributed by atoms with E-state index in [1.807, 2.05) is 36.4 Å². The zero-order chi connectivity index (χ0) is 25.6. The summed E-state index contributed by atoms with van der Waals surface area (Å²) in [7, 11) is 0. The molecule has 9 heteroatoms. The number of carbonyl (C=O) groups excluding carboxylic acids is 3. The maximum absolute atomic E-state index is 13.5. The van der Waals surface area contributed by atoms with Crippen molar-refractivity contribution in [3.05, 3.63) is 60.1 Å². The number of ether oxygens (including phenoxy) is 2. The Kier molecular flexibility index (Phi) is 11.5. The minimum Gasteiger partial charge on any atom is -0.467 e. The van der Waals surface area contributed by atoms with E-state index in [0.717, 1.165) is 18.7 Å². The summed E-state index contributed by atoms with van der Waals surface area (Å²) in [5, 5.41) is 0. The van der Waals surface area contributed by atoms with Gasteiger partial charge >= 0.3 is 5.97 Å². The lowest BCUT2D eigenvalue weighted by Crippen LogP contribution is -2.47. The Labute approximate surface area is 212 Å². The number of amides is 2. The van der Waals surface area contributed by atoms with Gasteiger partial charge in [-0.05, 0) is 31.0 Å². The molecule has 0 aliphatic carbocycles. The molecule has 2 heterocycles. The van der Waals surface area contributed by atoms with E-state index in [-0.39, 0.29) is 37.8 Å². The molecule has 9 nitrogen and oxygen atoms in total. The predicted octanol–water partition coefficient (Wildman–Crippen LogP) is 2.36. The third-order valence-corrected chi connectivity index (χ3v) is 6.11. The normalized spacial score (nSPS) is 13.8. The summed E-state index contributed by atoms with van der Waals surface area (Å²) in [4.78, 5) is 43.8. The highest BCUT2D eigenvalue weighted by molar-refractivity contribution is 5.86. The van der Waals surface area contributed by atoms with Crippen LogP contribution in [0.4, 0.5) is 0 Å². The lowest BCUT2D eigenvalue weighted by atomic mass is 10.1. The molecular weight excluding hydrogens is 462 g/mol. The number of morpholine rings is 1. The summed E-state index contributed by atoms with van der Waals surface area (Å²) in [5.41, 5.74) is 1.13. The van der Waals surface area contributed by atoms with Crippen LogP contribution in [0.1, 0.15) is 31.1 Å². The molecule has 0 unspecified atom stereocenters. The molecule has 0 N–H and O–H groups in total. The van der Waals surface area contributed by atoms with E-state index in [9.17, 15) is 14.4 Å². The van der Waals surface area contributed by atoms with Gasteiger partial charge in [0.15, 0.2) is 0 Å². The summed E-state index contributed by atoms with van der Waals surface area (Å²) in [5.74, 6) is -0.114. The molecule has 0 radical (unpaired) electrons. The average Bonchev–Trinajstić information content (AvgIpc) is 3.42. The van der Waals surface area contributed by atoms with Crippen LogP contribution in [-0.2, 0) is 36.8 Å². The highest BCUT2D eigenvalue weighted by Gasteiger charge is 2.24. The van der Waals surface area contributed by atoms with Gasteiger partial charge in [-0.25, -0.2) is 0 Å². The number of benzene rings is 1. The Bertz CT molecular complexity index is 928. The molecule has 196 valence electrons. The van der Waals surface area contributed by atoms with E-state index in [1.54, 1.807) is 29.1 Å². The SMILES string of the molecule is CCOC(=O)CCC(=O)N(CCN1CCOCC1)CC(=O)N(CCc1ccccc1)Cc1ccco1. The van der Waals surface area contributed by atoms with Crippen molar-refractivity contribution in [2.45, 2.75) is 32.7 Å². The Morgan fingerprint density at radius 2 is 1.72 bits per heavy atom. The summed E-state index contributed by atoms with van der Waals surface area (Å²) >= 11 is 0. The van der Waals surface area contributed by atoms with Gasteiger partial charge < -0.3 is 23.7 Å². The number of esters is 1. The topological polar surface area (TPSA) is 92.5 Å². The fourth-order valence-corrected chi connectivity index (χ4v) is 4.03. The van der Waals surface area contributed by atoms with Crippen LogP contribution in [0.2, 0.25) is 0 Å². The number of furan rings is 1. The van der Waals surface area contributed by atoms with Crippen LogP contribution >= 0.6 is 0 Å². The van der Waals surface area contributed by atoms with Gasteiger partial charge in [0.2, 0.25) is 11.8 Å².